The van der Waals surface area contributed by atoms with E-state index >= 15 is 0 Å². The Bertz CT molecular complexity index is 684. The molecule has 2 aliphatic rings. The third-order valence-corrected chi connectivity index (χ3v) is 6.85. The summed E-state index contributed by atoms with van der Waals surface area (Å²) in [5, 5.41) is 10.6. The maximum atomic E-state index is 9.53. The van der Waals surface area contributed by atoms with Crippen LogP contribution in [0.5, 0.6) is 0 Å². The second-order valence-corrected chi connectivity index (χ2v) is 8.69. The monoisotopic (exact) mass is 371 g/mol. The number of aromatic nitrogens is 1. The lowest BCUT2D eigenvalue weighted by Gasteiger charge is -2.44. The molecule has 0 unspecified atom stereocenters. The molecule has 1 aromatic heterocycles. The van der Waals surface area contributed by atoms with Gasteiger partial charge in [-0.3, -0.25) is 9.80 Å². The fraction of sp³-hybridized carbons (Fsp3) is 0.571. The van der Waals surface area contributed by atoms with Crippen LogP contribution in [0.25, 0.3) is 10.6 Å². The van der Waals surface area contributed by atoms with E-state index in [0.717, 1.165) is 43.6 Å². The van der Waals surface area contributed by atoms with Crippen molar-refractivity contribution >= 4 is 11.3 Å². The van der Waals surface area contributed by atoms with Gasteiger partial charge in [0.15, 0.2) is 0 Å². The van der Waals surface area contributed by atoms with Crippen molar-refractivity contribution in [3.63, 3.8) is 0 Å². The predicted molar refractivity (Wildman–Crippen MR) is 107 cm³/mol. The van der Waals surface area contributed by atoms with Crippen LogP contribution < -0.4 is 0 Å². The van der Waals surface area contributed by atoms with Gasteiger partial charge in [-0.05, 0) is 19.3 Å². The van der Waals surface area contributed by atoms with Crippen molar-refractivity contribution in [1.29, 1.82) is 0 Å². The Kier molecular flexibility index (Phi) is 6.00. The van der Waals surface area contributed by atoms with Crippen molar-refractivity contribution in [1.82, 2.24) is 14.8 Å². The first-order valence-electron chi connectivity index (χ1n) is 9.92. The summed E-state index contributed by atoms with van der Waals surface area (Å²) in [6.07, 6.45) is 8.37. The molecule has 0 amide bonds. The fourth-order valence-electron chi connectivity index (χ4n) is 4.52. The molecule has 5 heteroatoms. The first-order valence-corrected chi connectivity index (χ1v) is 10.7. The van der Waals surface area contributed by atoms with Gasteiger partial charge in [-0.1, -0.05) is 43.2 Å². The molecular formula is C21H29N3OS. The summed E-state index contributed by atoms with van der Waals surface area (Å²) in [5.41, 5.74) is 1.20. The maximum absolute atomic E-state index is 9.53. The Morgan fingerprint density at radius 1 is 1.12 bits per heavy atom. The first-order chi connectivity index (χ1) is 12.8. The number of hydrogen-bond acceptors (Lipinski definition) is 5. The minimum absolute atomic E-state index is 0.292. The summed E-state index contributed by atoms with van der Waals surface area (Å²) in [6.45, 7) is 4.59. The zero-order valence-corrected chi connectivity index (χ0v) is 16.2. The van der Waals surface area contributed by atoms with Crippen molar-refractivity contribution in [2.45, 2.75) is 50.7 Å². The molecule has 140 valence electrons. The van der Waals surface area contributed by atoms with E-state index in [9.17, 15) is 5.11 Å². The molecule has 1 saturated heterocycles. The maximum Gasteiger partial charge on any atom is 0.123 e. The highest BCUT2D eigenvalue weighted by Crippen LogP contribution is 2.30. The molecular weight excluding hydrogens is 342 g/mol. The average molecular weight is 372 g/mol. The molecule has 1 saturated carbocycles. The van der Waals surface area contributed by atoms with Crippen molar-refractivity contribution in [2.75, 3.05) is 26.2 Å². The third kappa shape index (κ3) is 4.17. The fourth-order valence-corrected chi connectivity index (χ4v) is 5.48. The van der Waals surface area contributed by atoms with Crippen LogP contribution in [-0.4, -0.2) is 58.2 Å². The first kappa shape index (κ1) is 18.1. The predicted octanol–water partition coefficient (Wildman–Crippen LogP) is 3.62. The van der Waals surface area contributed by atoms with Crippen LogP contribution in [0, 0.1) is 0 Å². The SMILES string of the molecule is OCC[C@@H]1CN(Cc2cnc(-c3ccccc3)s2)CCN1C1CCCC1. The van der Waals surface area contributed by atoms with E-state index in [1.165, 1.54) is 36.1 Å². The van der Waals surface area contributed by atoms with Gasteiger partial charge in [0.05, 0.1) is 0 Å². The molecule has 2 fully saturated rings. The molecule has 2 heterocycles. The van der Waals surface area contributed by atoms with Crippen molar-refractivity contribution < 1.29 is 5.11 Å². The van der Waals surface area contributed by atoms with Crippen LogP contribution >= 0.6 is 11.3 Å². The Morgan fingerprint density at radius 3 is 2.69 bits per heavy atom. The lowest BCUT2D eigenvalue weighted by molar-refractivity contribution is 0.0271. The van der Waals surface area contributed by atoms with Gasteiger partial charge in [-0.15, -0.1) is 11.3 Å². The normalized spacial score (nSPS) is 22.9. The summed E-state index contributed by atoms with van der Waals surface area (Å²) in [5.74, 6) is 0. The highest BCUT2D eigenvalue weighted by atomic mass is 32.1. The Morgan fingerprint density at radius 2 is 1.92 bits per heavy atom. The van der Waals surface area contributed by atoms with Crippen LogP contribution in [0.2, 0.25) is 0 Å². The molecule has 1 N–H and O–H groups in total. The molecule has 1 aromatic carbocycles. The van der Waals surface area contributed by atoms with Crippen LogP contribution in [-0.2, 0) is 6.54 Å². The van der Waals surface area contributed by atoms with E-state index < -0.39 is 0 Å². The lowest BCUT2D eigenvalue weighted by atomic mass is 10.0. The van der Waals surface area contributed by atoms with Gasteiger partial charge < -0.3 is 5.11 Å². The van der Waals surface area contributed by atoms with Crippen LogP contribution in [0.4, 0.5) is 0 Å². The minimum Gasteiger partial charge on any atom is -0.396 e. The van der Waals surface area contributed by atoms with Crippen LogP contribution in [0.1, 0.15) is 37.0 Å². The summed E-state index contributed by atoms with van der Waals surface area (Å²) in [7, 11) is 0. The van der Waals surface area contributed by atoms with E-state index in [-0.39, 0.29) is 0 Å². The molecule has 4 rings (SSSR count). The Labute approximate surface area is 160 Å². The molecule has 4 nitrogen and oxygen atoms in total. The van der Waals surface area contributed by atoms with Gasteiger partial charge in [-0.2, -0.15) is 0 Å². The van der Waals surface area contributed by atoms with Gasteiger partial charge in [0, 0.05) is 61.5 Å². The van der Waals surface area contributed by atoms with Gasteiger partial charge >= 0.3 is 0 Å². The van der Waals surface area contributed by atoms with E-state index in [2.05, 4.69) is 39.0 Å². The highest BCUT2D eigenvalue weighted by Gasteiger charge is 2.33. The van der Waals surface area contributed by atoms with Gasteiger partial charge in [0.2, 0.25) is 0 Å². The molecule has 0 spiro atoms. The highest BCUT2D eigenvalue weighted by molar-refractivity contribution is 7.15. The topological polar surface area (TPSA) is 39.6 Å². The summed E-state index contributed by atoms with van der Waals surface area (Å²) < 4.78 is 0. The number of aliphatic hydroxyl groups excluding tert-OH is 1. The number of rotatable bonds is 6. The third-order valence-electron chi connectivity index (χ3n) is 5.82. The van der Waals surface area contributed by atoms with E-state index in [1.54, 1.807) is 11.3 Å². The van der Waals surface area contributed by atoms with E-state index in [1.807, 2.05) is 12.3 Å². The zero-order chi connectivity index (χ0) is 17.8. The molecule has 1 aliphatic heterocycles. The van der Waals surface area contributed by atoms with E-state index in [4.69, 9.17) is 0 Å². The van der Waals surface area contributed by atoms with E-state index in [0.29, 0.717) is 12.6 Å². The average Bonchev–Trinajstić information content (AvgIpc) is 3.35. The number of hydrogen-bond donors (Lipinski definition) is 1. The minimum atomic E-state index is 0.292. The second-order valence-electron chi connectivity index (χ2n) is 7.58. The quantitative estimate of drug-likeness (QED) is 0.842. The number of benzene rings is 1. The number of nitrogens with zero attached hydrogens (tertiary/aromatic N) is 3. The zero-order valence-electron chi connectivity index (χ0n) is 15.4. The smallest absolute Gasteiger partial charge is 0.123 e. The van der Waals surface area contributed by atoms with Gasteiger partial charge in [-0.25, -0.2) is 4.98 Å². The number of thiazole rings is 1. The Hall–Kier alpha value is -1.27. The molecule has 1 atom stereocenters. The van der Waals surface area contributed by atoms with Gasteiger partial charge in [0.1, 0.15) is 5.01 Å². The lowest BCUT2D eigenvalue weighted by Crippen LogP contribution is -2.55. The van der Waals surface area contributed by atoms with Gasteiger partial charge in [0.25, 0.3) is 0 Å². The van der Waals surface area contributed by atoms with Crippen LogP contribution in [0.3, 0.4) is 0 Å². The molecule has 1 aliphatic carbocycles. The standard InChI is InChI=1S/C21H29N3OS/c25-13-10-19-15-23(11-12-24(19)18-8-4-5-9-18)16-20-14-22-21(26-20)17-6-2-1-3-7-17/h1-3,6-7,14,18-19,25H,4-5,8-13,15-16H2/t19-/m1/s1. The molecule has 0 bridgehead atoms. The van der Waals surface area contributed by atoms with Crippen LogP contribution in [0.15, 0.2) is 36.5 Å². The summed E-state index contributed by atoms with van der Waals surface area (Å²) in [6, 6.07) is 11.7. The number of aliphatic hydroxyl groups is 1. The second kappa shape index (κ2) is 8.61. The Balaban J connectivity index is 1.39. The van der Waals surface area contributed by atoms with Crippen molar-refractivity contribution in [3.05, 3.63) is 41.4 Å². The van der Waals surface area contributed by atoms with Crippen molar-refractivity contribution in [2.24, 2.45) is 0 Å². The molecule has 26 heavy (non-hydrogen) atoms. The molecule has 0 radical (unpaired) electrons. The number of piperazine rings is 1. The largest absolute Gasteiger partial charge is 0.396 e. The van der Waals surface area contributed by atoms with Crippen molar-refractivity contribution in [3.8, 4) is 10.6 Å². The summed E-state index contributed by atoms with van der Waals surface area (Å²) >= 11 is 1.80. The molecule has 2 aromatic rings. The summed E-state index contributed by atoms with van der Waals surface area (Å²) in [4.78, 5) is 11.2.